The number of aromatic nitrogens is 2. The third-order valence-electron chi connectivity index (χ3n) is 2.81. The zero-order valence-corrected chi connectivity index (χ0v) is 9.79. The molecule has 1 aliphatic carbocycles. The van der Waals surface area contributed by atoms with E-state index in [0.717, 1.165) is 12.8 Å². The van der Waals surface area contributed by atoms with Gasteiger partial charge in [0.25, 0.3) is 10.0 Å². The van der Waals surface area contributed by atoms with E-state index in [2.05, 4.69) is 21.8 Å². The molecule has 6 nitrogen and oxygen atoms in total. The molecule has 1 fully saturated rings. The highest BCUT2D eigenvalue weighted by atomic mass is 32.2. The molecule has 3 N–H and O–H groups in total. The minimum absolute atomic E-state index is 0.00911. The number of rotatable bonds is 4. The zero-order chi connectivity index (χ0) is 11.8. The zero-order valence-electron chi connectivity index (χ0n) is 8.97. The molecule has 1 heterocycles. The van der Waals surface area contributed by atoms with Gasteiger partial charge in [-0.05, 0) is 18.8 Å². The molecule has 2 rings (SSSR count). The van der Waals surface area contributed by atoms with Gasteiger partial charge in [-0.25, -0.2) is 13.1 Å². The van der Waals surface area contributed by atoms with Crippen LogP contribution in [0.1, 0.15) is 25.3 Å². The first-order valence-corrected chi connectivity index (χ1v) is 6.66. The van der Waals surface area contributed by atoms with Gasteiger partial charge in [-0.1, -0.05) is 6.92 Å². The Morgan fingerprint density at radius 1 is 1.62 bits per heavy atom. The van der Waals surface area contributed by atoms with Crippen molar-refractivity contribution in [3.63, 3.8) is 0 Å². The molecule has 1 aliphatic rings. The summed E-state index contributed by atoms with van der Waals surface area (Å²) in [5.41, 5.74) is 0.292. The van der Waals surface area contributed by atoms with Gasteiger partial charge >= 0.3 is 0 Å². The Hall–Kier alpha value is -0.920. The monoisotopic (exact) mass is 245 g/mol. The van der Waals surface area contributed by atoms with Gasteiger partial charge in [0.1, 0.15) is 0 Å². The molecule has 0 radical (unpaired) electrons. The molecule has 0 amide bonds. The fraction of sp³-hybridized carbons (Fsp3) is 0.667. The average molecular weight is 245 g/mol. The van der Waals surface area contributed by atoms with Gasteiger partial charge in [-0.2, -0.15) is 5.10 Å². The molecule has 0 saturated heterocycles. The van der Waals surface area contributed by atoms with Gasteiger partial charge in [0, 0.05) is 11.6 Å². The van der Waals surface area contributed by atoms with E-state index in [9.17, 15) is 8.42 Å². The Balaban J connectivity index is 2.13. The van der Waals surface area contributed by atoms with Crippen molar-refractivity contribution in [3.05, 3.63) is 11.8 Å². The summed E-state index contributed by atoms with van der Waals surface area (Å²) < 4.78 is 26.4. The molecule has 0 aromatic carbocycles. The second-order valence-electron chi connectivity index (χ2n) is 4.28. The summed E-state index contributed by atoms with van der Waals surface area (Å²) in [5.74, 6) is 0.576. The summed E-state index contributed by atoms with van der Waals surface area (Å²) in [5, 5.41) is 15.0. The minimum atomic E-state index is -3.57. The van der Waals surface area contributed by atoms with E-state index < -0.39 is 10.0 Å². The summed E-state index contributed by atoms with van der Waals surface area (Å²) >= 11 is 0. The van der Waals surface area contributed by atoms with Crippen LogP contribution in [0.3, 0.4) is 0 Å². The van der Waals surface area contributed by atoms with Gasteiger partial charge in [0.2, 0.25) is 0 Å². The Morgan fingerprint density at radius 2 is 2.31 bits per heavy atom. The maximum atomic E-state index is 11.9. The van der Waals surface area contributed by atoms with E-state index >= 15 is 0 Å². The van der Waals surface area contributed by atoms with Gasteiger partial charge in [0.15, 0.2) is 5.03 Å². The first-order chi connectivity index (χ1) is 7.53. The molecular formula is C9H15N3O3S. The maximum Gasteiger partial charge on any atom is 0.258 e. The summed E-state index contributed by atoms with van der Waals surface area (Å²) in [6.45, 7) is 1.74. The lowest BCUT2D eigenvalue weighted by Gasteiger charge is -2.32. The van der Waals surface area contributed by atoms with Crippen molar-refractivity contribution in [1.82, 2.24) is 14.9 Å². The lowest BCUT2D eigenvalue weighted by atomic mass is 9.83. The fourth-order valence-corrected chi connectivity index (χ4v) is 3.31. The second-order valence-corrected chi connectivity index (χ2v) is 5.93. The van der Waals surface area contributed by atoms with Crippen molar-refractivity contribution >= 4 is 10.0 Å². The van der Waals surface area contributed by atoms with Crippen LogP contribution in [-0.4, -0.2) is 29.8 Å². The molecule has 1 saturated carbocycles. The second kappa shape index (κ2) is 4.15. The van der Waals surface area contributed by atoms with E-state index in [-0.39, 0.29) is 17.7 Å². The predicted octanol–water partition coefficient (Wildman–Crippen LogP) is -0.0212. The van der Waals surface area contributed by atoms with Crippen molar-refractivity contribution in [2.45, 2.75) is 37.4 Å². The Bertz CT molecular complexity index is 462. The van der Waals surface area contributed by atoms with Crippen LogP contribution in [0.15, 0.2) is 11.2 Å². The molecule has 0 spiro atoms. The number of aliphatic hydroxyl groups excluding tert-OH is 1. The maximum absolute atomic E-state index is 11.9. The van der Waals surface area contributed by atoms with Crippen LogP contribution in [0, 0.1) is 5.92 Å². The highest BCUT2D eigenvalue weighted by molar-refractivity contribution is 7.89. The molecule has 0 unspecified atom stereocenters. The highest BCUT2D eigenvalue weighted by Crippen LogP contribution is 2.27. The topological polar surface area (TPSA) is 95.1 Å². The van der Waals surface area contributed by atoms with Gasteiger partial charge in [0.05, 0.1) is 12.8 Å². The largest absolute Gasteiger partial charge is 0.392 e. The molecule has 0 aliphatic heterocycles. The number of nitrogens with zero attached hydrogens (tertiary/aromatic N) is 1. The first-order valence-electron chi connectivity index (χ1n) is 5.18. The van der Waals surface area contributed by atoms with Crippen LogP contribution < -0.4 is 4.72 Å². The van der Waals surface area contributed by atoms with Crippen molar-refractivity contribution in [3.8, 4) is 0 Å². The van der Waals surface area contributed by atoms with Crippen LogP contribution in [0.4, 0.5) is 0 Å². The Kier molecular flexibility index (Phi) is 3.00. The van der Waals surface area contributed by atoms with Crippen LogP contribution in [0.25, 0.3) is 0 Å². The van der Waals surface area contributed by atoms with Crippen LogP contribution in [0.2, 0.25) is 0 Å². The Labute approximate surface area is 94.1 Å². The van der Waals surface area contributed by atoms with Gasteiger partial charge < -0.3 is 5.11 Å². The SMILES string of the molecule is CC1CC(NS(=O)(=O)c2[nH]ncc2CO)C1. The van der Waals surface area contributed by atoms with Crippen LogP contribution >= 0.6 is 0 Å². The van der Waals surface area contributed by atoms with E-state index in [1.54, 1.807) is 0 Å². The smallest absolute Gasteiger partial charge is 0.258 e. The summed E-state index contributed by atoms with van der Waals surface area (Å²) in [4.78, 5) is 0. The fourth-order valence-electron chi connectivity index (χ4n) is 1.92. The molecular weight excluding hydrogens is 230 g/mol. The van der Waals surface area contributed by atoms with Crippen LogP contribution in [-0.2, 0) is 16.6 Å². The molecule has 0 bridgehead atoms. The van der Waals surface area contributed by atoms with E-state index in [0.29, 0.717) is 11.5 Å². The highest BCUT2D eigenvalue weighted by Gasteiger charge is 2.31. The Morgan fingerprint density at radius 3 is 2.88 bits per heavy atom. The molecule has 1 aromatic heterocycles. The van der Waals surface area contributed by atoms with Crippen molar-refractivity contribution in [1.29, 1.82) is 0 Å². The minimum Gasteiger partial charge on any atom is -0.392 e. The number of hydrogen-bond donors (Lipinski definition) is 3. The number of nitrogens with one attached hydrogen (secondary N) is 2. The van der Waals surface area contributed by atoms with E-state index in [1.807, 2.05) is 0 Å². The van der Waals surface area contributed by atoms with Crippen molar-refractivity contribution in [2.75, 3.05) is 0 Å². The average Bonchev–Trinajstić information content (AvgIpc) is 2.63. The summed E-state index contributed by atoms with van der Waals surface area (Å²) in [7, 11) is -3.57. The molecule has 0 atom stereocenters. The normalized spacial score (nSPS) is 25.4. The number of sulfonamides is 1. The number of aromatic amines is 1. The van der Waals surface area contributed by atoms with Crippen LogP contribution in [0.5, 0.6) is 0 Å². The first kappa shape index (κ1) is 11.6. The van der Waals surface area contributed by atoms with Crippen molar-refractivity contribution in [2.24, 2.45) is 5.92 Å². The van der Waals surface area contributed by atoms with E-state index in [4.69, 9.17) is 5.11 Å². The van der Waals surface area contributed by atoms with Gasteiger partial charge in [-0.15, -0.1) is 0 Å². The summed E-state index contributed by atoms with van der Waals surface area (Å²) in [6, 6.07) is 0.00911. The third-order valence-corrected chi connectivity index (χ3v) is 4.35. The number of H-pyrrole nitrogens is 1. The van der Waals surface area contributed by atoms with Gasteiger partial charge in [-0.3, -0.25) is 5.10 Å². The summed E-state index contributed by atoms with van der Waals surface area (Å²) in [6.07, 6.45) is 3.04. The van der Waals surface area contributed by atoms with Crippen molar-refractivity contribution < 1.29 is 13.5 Å². The lowest BCUT2D eigenvalue weighted by molar-refractivity contribution is 0.268. The standard InChI is InChI=1S/C9H15N3O3S/c1-6-2-8(3-6)12-16(14,15)9-7(5-13)4-10-11-9/h4,6,8,12-13H,2-3,5H2,1H3,(H,10,11). The molecule has 1 aromatic rings. The molecule has 16 heavy (non-hydrogen) atoms. The number of hydrogen-bond acceptors (Lipinski definition) is 4. The third kappa shape index (κ3) is 2.11. The van der Waals surface area contributed by atoms with E-state index in [1.165, 1.54) is 6.20 Å². The predicted molar refractivity (Wildman–Crippen MR) is 57.0 cm³/mol. The number of aliphatic hydroxyl groups is 1. The lowest BCUT2D eigenvalue weighted by Crippen LogP contribution is -2.43. The quantitative estimate of drug-likeness (QED) is 0.694. The molecule has 90 valence electrons. The molecule has 7 heteroatoms.